The van der Waals surface area contributed by atoms with Crippen LogP contribution in [0.5, 0.6) is 0 Å². The number of carbonyl (C=O) groups is 5. The molecular formula is C39H61N7O7S5. The van der Waals surface area contributed by atoms with Crippen molar-refractivity contribution in [1.29, 1.82) is 0 Å². The van der Waals surface area contributed by atoms with Crippen molar-refractivity contribution >= 4 is 97.4 Å². The Balaban J connectivity index is 0.00000650. The maximum absolute atomic E-state index is 13.5. The fourth-order valence-electron chi connectivity index (χ4n) is 7.05. The van der Waals surface area contributed by atoms with E-state index < -0.39 is 24.3 Å². The fraction of sp³-hybridized carbons (Fsp3) is 0.487. The van der Waals surface area contributed by atoms with Crippen LogP contribution < -0.4 is 21.3 Å². The molecule has 0 spiro atoms. The van der Waals surface area contributed by atoms with Gasteiger partial charge in [0, 0.05) is 24.2 Å². The van der Waals surface area contributed by atoms with E-state index in [1.807, 2.05) is 64.1 Å². The summed E-state index contributed by atoms with van der Waals surface area (Å²) in [5.41, 5.74) is 4.20. The first kappa shape index (κ1) is 54.3. The van der Waals surface area contributed by atoms with Crippen molar-refractivity contribution in [2.75, 3.05) is 20.8 Å². The number of aromatic nitrogens is 2. The van der Waals surface area contributed by atoms with Gasteiger partial charge in [0.05, 0.1) is 32.2 Å². The van der Waals surface area contributed by atoms with Crippen molar-refractivity contribution in [3.8, 4) is 22.4 Å². The van der Waals surface area contributed by atoms with E-state index in [1.165, 1.54) is 14.2 Å². The Kier molecular flexibility index (Phi) is 23.5. The zero-order chi connectivity index (χ0) is 38.2. The van der Waals surface area contributed by atoms with Crippen molar-refractivity contribution in [3.05, 3.63) is 66.1 Å². The lowest BCUT2D eigenvalue weighted by Gasteiger charge is -2.30. The summed E-state index contributed by atoms with van der Waals surface area (Å²) >= 11 is 0. The number of methoxy groups -OCH3 is 2. The van der Waals surface area contributed by atoms with Crippen LogP contribution in [-0.4, -0.2) is 89.7 Å². The number of nitrogens with zero attached hydrogens (tertiary/aromatic N) is 2. The maximum atomic E-state index is 13.5. The van der Waals surface area contributed by atoms with Gasteiger partial charge < -0.3 is 40.6 Å². The number of carbonyl (C=O) groups excluding carboxylic acids is 5. The first-order chi connectivity index (χ1) is 25.4. The molecule has 3 aromatic rings. The summed E-state index contributed by atoms with van der Waals surface area (Å²) < 4.78 is 9.41. The van der Waals surface area contributed by atoms with Crippen LogP contribution >= 0.6 is 67.5 Å². The Hall–Kier alpha value is -3.65. The smallest absolute Gasteiger partial charge is 0.407 e. The van der Waals surface area contributed by atoms with Gasteiger partial charge in [-0.15, -0.1) is 0 Å². The lowest BCUT2D eigenvalue weighted by atomic mass is 10.0. The average molecular weight is 900 g/mol. The number of alkyl carbamates (subject to hydrolysis) is 2. The molecule has 1 aliphatic heterocycles. The molecule has 0 bridgehead atoms. The SMILES string of the molecule is COC(=O)N[C@H](C(=O)N[C@H]1CCC[C@@H]1NC(=O)c1ccc(-c2ccc(-c3cnc(C4CCCN4C(=O)[C@@H](NC(=O)OC)C(C)C)[nH]3)cc2)cc1)C(C)C.S.S.S.S.S. The van der Waals surface area contributed by atoms with Crippen LogP contribution in [0.3, 0.4) is 0 Å². The number of imidazole rings is 1. The number of H-pyrrole nitrogens is 1. The zero-order valence-electron chi connectivity index (χ0n) is 33.7. The van der Waals surface area contributed by atoms with E-state index in [0.717, 1.165) is 54.5 Å². The molecule has 2 heterocycles. The van der Waals surface area contributed by atoms with E-state index in [4.69, 9.17) is 4.74 Å². The van der Waals surface area contributed by atoms with E-state index in [-0.39, 0.29) is 115 Å². The van der Waals surface area contributed by atoms with Crippen LogP contribution in [0.1, 0.15) is 82.0 Å². The second-order valence-corrected chi connectivity index (χ2v) is 14.4. The third-order valence-corrected chi connectivity index (χ3v) is 10.1. The zero-order valence-corrected chi connectivity index (χ0v) is 38.7. The quantitative estimate of drug-likeness (QED) is 0.158. The lowest BCUT2D eigenvalue weighted by Crippen LogP contribution is -2.55. The summed E-state index contributed by atoms with van der Waals surface area (Å²) in [6, 6.07) is 13.2. The second-order valence-electron chi connectivity index (χ2n) is 14.4. The molecule has 5 amide bonds. The number of hydrogen-bond acceptors (Lipinski definition) is 8. The normalized spacial score (nSPS) is 17.7. The predicted octanol–water partition coefficient (Wildman–Crippen LogP) is 5.50. The molecule has 2 aliphatic rings. The molecule has 58 heavy (non-hydrogen) atoms. The molecule has 1 saturated carbocycles. The van der Waals surface area contributed by atoms with Gasteiger partial charge in [-0.2, -0.15) is 67.5 Å². The first-order valence-corrected chi connectivity index (χ1v) is 18.3. The molecule has 5 N–H and O–H groups in total. The summed E-state index contributed by atoms with van der Waals surface area (Å²) in [5.74, 6) is -0.245. The fourth-order valence-corrected chi connectivity index (χ4v) is 7.05. The van der Waals surface area contributed by atoms with Gasteiger partial charge in [-0.25, -0.2) is 14.6 Å². The summed E-state index contributed by atoms with van der Waals surface area (Å²) in [6.45, 7) is 8.04. The number of benzene rings is 2. The Morgan fingerprint density at radius 3 is 1.72 bits per heavy atom. The number of likely N-dealkylation sites (tertiary alicyclic amines) is 1. The Labute approximate surface area is 376 Å². The molecule has 2 fully saturated rings. The van der Waals surface area contributed by atoms with Gasteiger partial charge in [-0.1, -0.05) is 64.1 Å². The molecule has 1 aliphatic carbocycles. The molecule has 19 heteroatoms. The van der Waals surface area contributed by atoms with Gasteiger partial charge in [0.1, 0.15) is 17.9 Å². The number of rotatable bonds is 12. The summed E-state index contributed by atoms with van der Waals surface area (Å²) in [4.78, 5) is 73.2. The van der Waals surface area contributed by atoms with E-state index in [0.29, 0.717) is 17.9 Å². The van der Waals surface area contributed by atoms with Gasteiger partial charge in [0.25, 0.3) is 5.91 Å². The van der Waals surface area contributed by atoms with Crippen LogP contribution in [0.2, 0.25) is 0 Å². The number of aromatic amines is 1. The van der Waals surface area contributed by atoms with Crippen molar-refractivity contribution < 1.29 is 33.4 Å². The Morgan fingerprint density at radius 1 is 0.690 bits per heavy atom. The van der Waals surface area contributed by atoms with Crippen molar-refractivity contribution in [1.82, 2.24) is 36.1 Å². The van der Waals surface area contributed by atoms with Gasteiger partial charge >= 0.3 is 12.2 Å². The molecule has 324 valence electrons. The summed E-state index contributed by atoms with van der Waals surface area (Å²) in [6.07, 6.45) is 4.38. The standard InChI is InChI=1S/C39H51N7O7.5H2S/c1-22(2)32(44-38(50)52-5)36(48)43-29-10-7-9-28(29)42-35(47)27-18-14-25(15-19-27)24-12-16-26(17-13-24)30-21-40-34(41-30)31-11-8-20-46(31)37(49)33(23(3)4)45-39(51)53-6;;;;;/h12-19,21-23,28-29,31-33H,7-11,20H2,1-6H3,(H,40,41)(H,42,47)(H,43,48)(H,44,50)(H,45,51);5*1H2/t28-,29-,31?,32-,33-;;;;;/m0...../s1. The minimum Gasteiger partial charge on any atom is -0.453 e. The lowest BCUT2D eigenvalue weighted by molar-refractivity contribution is -0.135. The minimum absolute atomic E-state index is 0. The summed E-state index contributed by atoms with van der Waals surface area (Å²) in [5, 5.41) is 11.4. The highest BCUT2D eigenvalue weighted by Crippen LogP contribution is 2.33. The highest BCUT2D eigenvalue weighted by atomic mass is 32.1. The molecule has 0 radical (unpaired) electrons. The number of hydrogen-bond donors (Lipinski definition) is 5. The Morgan fingerprint density at radius 2 is 1.19 bits per heavy atom. The monoisotopic (exact) mass is 899 g/mol. The molecule has 5 rings (SSSR count). The van der Waals surface area contributed by atoms with Crippen molar-refractivity contribution in [2.45, 2.75) is 90.0 Å². The van der Waals surface area contributed by atoms with Crippen molar-refractivity contribution in [2.24, 2.45) is 11.8 Å². The maximum Gasteiger partial charge on any atom is 0.407 e. The third kappa shape index (κ3) is 13.4. The molecule has 1 saturated heterocycles. The number of ether oxygens (including phenoxy) is 2. The van der Waals surface area contributed by atoms with E-state index >= 15 is 0 Å². The van der Waals surface area contributed by atoms with Gasteiger partial charge in [-0.3, -0.25) is 14.4 Å². The number of nitrogens with one attached hydrogen (secondary N) is 5. The van der Waals surface area contributed by atoms with E-state index in [9.17, 15) is 24.0 Å². The highest BCUT2D eigenvalue weighted by Gasteiger charge is 2.38. The topological polar surface area (TPSA) is 184 Å². The van der Waals surface area contributed by atoms with Gasteiger partial charge in [0.15, 0.2) is 0 Å². The minimum atomic E-state index is -0.750. The summed E-state index contributed by atoms with van der Waals surface area (Å²) in [7, 11) is 2.53. The Bertz CT molecular complexity index is 1780. The van der Waals surface area contributed by atoms with Crippen LogP contribution in [0.4, 0.5) is 9.59 Å². The second kappa shape index (κ2) is 25.1. The average Bonchev–Trinajstić information content (AvgIpc) is 3.94. The molecule has 2 aromatic carbocycles. The third-order valence-electron chi connectivity index (χ3n) is 10.1. The van der Waals surface area contributed by atoms with E-state index in [1.54, 1.807) is 23.2 Å². The van der Waals surface area contributed by atoms with Gasteiger partial charge in [0.2, 0.25) is 11.8 Å². The van der Waals surface area contributed by atoms with Crippen molar-refractivity contribution in [3.63, 3.8) is 0 Å². The highest BCUT2D eigenvalue weighted by molar-refractivity contribution is 7.60. The van der Waals surface area contributed by atoms with Crippen LogP contribution in [0.15, 0.2) is 54.7 Å². The molecule has 14 nitrogen and oxygen atoms in total. The molecular weight excluding hydrogens is 839 g/mol. The van der Waals surface area contributed by atoms with Crippen LogP contribution in [-0.2, 0) is 19.1 Å². The van der Waals surface area contributed by atoms with Crippen LogP contribution in [0, 0.1) is 11.8 Å². The first-order valence-electron chi connectivity index (χ1n) is 18.3. The van der Waals surface area contributed by atoms with Crippen LogP contribution in [0.25, 0.3) is 22.4 Å². The predicted molar refractivity (Wildman–Crippen MR) is 250 cm³/mol. The molecule has 1 aromatic heterocycles. The number of amides is 5. The van der Waals surface area contributed by atoms with Gasteiger partial charge in [-0.05, 0) is 72.8 Å². The van der Waals surface area contributed by atoms with E-state index in [2.05, 4.69) is 36.0 Å². The molecule has 5 atom stereocenters. The molecule has 1 unspecified atom stereocenters. The largest absolute Gasteiger partial charge is 0.453 e.